The zero-order chi connectivity index (χ0) is 17.6. The fourth-order valence-corrected chi connectivity index (χ4v) is 3.14. The molecular weight excluding hydrogens is 320 g/mol. The lowest BCUT2D eigenvalue weighted by Gasteiger charge is -2.27. The van der Waals surface area contributed by atoms with Crippen LogP contribution in [0, 0.1) is 5.92 Å². The number of hydrogen-bond acceptors (Lipinski definition) is 4. The minimum Gasteiger partial charge on any atom is -0.493 e. The minimum absolute atomic E-state index is 0.103. The molecule has 0 fully saturated rings. The van der Waals surface area contributed by atoms with Crippen LogP contribution in [-0.2, 0) is 24.4 Å². The van der Waals surface area contributed by atoms with E-state index in [4.69, 9.17) is 9.47 Å². The summed E-state index contributed by atoms with van der Waals surface area (Å²) in [6.45, 7) is 1.42. The highest BCUT2D eigenvalue weighted by molar-refractivity contribution is 5.90. The largest absolute Gasteiger partial charge is 0.493 e. The first-order valence-electron chi connectivity index (χ1n) is 8.42. The Hall–Kier alpha value is -2.37. The minimum atomic E-state index is -1.05. The second kappa shape index (κ2) is 8.14. The average Bonchev–Trinajstić information content (AvgIpc) is 2.64. The number of fused-ring (bicyclic) bond motifs is 1. The summed E-state index contributed by atoms with van der Waals surface area (Å²) in [6, 6.07) is 13.4. The Morgan fingerprint density at radius 2 is 2.00 bits per heavy atom. The Bertz CT molecular complexity index is 726. The fourth-order valence-electron chi connectivity index (χ4n) is 3.14. The lowest BCUT2D eigenvalue weighted by molar-refractivity contribution is 0.0691. The van der Waals surface area contributed by atoms with E-state index in [0.717, 1.165) is 24.0 Å². The molecule has 3 rings (SSSR count). The molecule has 2 aromatic rings. The van der Waals surface area contributed by atoms with Gasteiger partial charge in [0.25, 0.3) is 0 Å². The van der Waals surface area contributed by atoms with E-state index in [1.54, 1.807) is 12.1 Å². The van der Waals surface area contributed by atoms with Crippen molar-refractivity contribution in [2.45, 2.75) is 26.1 Å². The molecule has 0 aliphatic carbocycles. The van der Waals surface area contributed by atoms with E-state index in [1.165, 1.54) is 0 Å². The van der Waals surface area contributed by atoms with Crippen LogP contribution in [0.25, 0.3) is 0 Å². The van der Waals surface area contributed by atoms with Gasteiger partial charge in [0.05, 0.1) is 25.4 Å². The summed E-state index contributed by atoms with van der Waals surface area (Å²) in [5.74, 6) is -0.193. The van der Waals surface area contributed by atoms with Crippen molar-refractivity contribution >= 4 is 5.97 Å². The van der Waals surface area contributed by atoms with Crippen molar-refractivity contribution in [3.63, 3.8) is 0 Å². The van der Waals surface area contributed by atoms with Crippen LogP contribution < -0.4 is 4.74 Å². The van der Waals surface area contributed by atoms with Crippen LogP contribution >= 0.6 is 0 Å². The van der Waals surface area contributed by atoms with Crippen LogP contribution in [0.2, 0.25) is 0 Å². The molecule has 132 valence electrons. The molecule has 1 unspecified atom stereocenters. The monoisotopic (exact) mass is 342 g/mol. The maximum absolute atomic E-state index is 11.2. The molecule has 0 saturated carbocycles. The van der Waals surface area contributed by atoms with Gasteiger partial charge in [0, 0.05) is 12.2 Å². The molecule has 0 radical (unpaired) electrons. The highest BCUT2D eigenvalue weighted by atomic mass is 16.5. The van der Waals surface area contributed by atoms with Crippen LogP contribution in [-0.4, -0.2) is 29.4 Å². The molecule has 5 heteroatoms. The highest BCUT2D eigenvalue weighted by Gasteiger charge is 2.25. The first-order chi connectivity index (χ1) is 12.2. The van der Waals surface area contributed by atoms with Gasteiger partial charge in [-0.3, -0.25) is 0 Å². The molecule has 0 saturated heterocycles. The number of carboxylic acids is 1. The molecule has 1 atom stereocenters. The number of aliphatic hydroxyl groups excluding tert-OH is 1. The van der Waals surface area contributed by atoms with Crippen LogP contribution in [0.1, 0.15) is 33.5 Å². The van der Waals surface area contributed by atoms with Crippen molar-refractivity contribution in [1.82, 2.24) is 0 Å². The van der Waals surface area contributed by atoms with E-state index in [-0.39, 0.29) is 12.2 Å². The molecular formula is C20H22O5. The summed E-state index contributed by atoms with van der Waals surface area (Å²) < 4.78 is 11.5. The van der Waals surface area contributed by atoms with Crippen molar-refractivity contribution in [1.29, 1.82) is 0 Å². The summed E-state index contributed by atoms with van der Waals surface area (Å²) in [6.07, 6.45) is 1.68. The van der Waals surface area contributed by atoms with Crippen LogP contribution in [0.3, 0.4) is 0 Å². The van der Waals surface area contributed by atoms with E-state index in [9.17, 15) is 15.0 Å². The van der Waals surface area contributed by atoms with Crippen LogP contribution in [0.15, 0.2) is 42.5 Å². The van der Waals surface area contributed by atoms with Crippen molar-refractivity contribution in [2.24, 2.45) is 5.92 Å². The number of hydrogen-bond donors (Lipinski definition) is 2. The Balaban J connectivity index is 1.55. The van der Waals surface area contributed by atoms with E-state index >= 15 is 0 Å². The summed E-state index contributed by atoms with van der Waals surface area (Å²) in [4.78, 5) is 11.2. The first kappa shape index (κ1) is 17.5. The second-order valence-electron chi connectivity index (χ2n) is 6.25. The zero-order valence-corrected chi connectivity index (χ0v) is 14.0. The number of rotatable bonds is 7. The normalized spacial score (nSPS) is 16.1. The van der Waals surface area contributed by atoms with Gasteiger partial charge < -0.3 is 19.7 Å². The van der Waals surface area contributed by atoms with Crippen molar-refractivity contribution in [3.05, 3.63) is 64.7 Å². The quantitative estimate of drug-likeness (QED) is 0.757. The van der Waals surface area contributed by atoms with Crippen molar-refractivity contribution in [3.8, 4) is 5.75 Å². The van der Waals surface area contributed by atoms with Crippen molar-refractivity contribution in [2.75, 3.05) is 13.2 Å². The van der Waals surface area contributed by atoms with Gasteiger partial charge >= 0.3 is 5.97 Å². The zero-order valence-electron chi connectivity index (χ0n) is 14.0. The Labute approximate surface area is 146 Å². The molecule has 5 nitrogen and oxygen atoms in total. The maximum Gasteiger partial charge on any atom is 0.336 e. The van der Waals surface area contributed by atoms with Gasteiger partial charge in [-0.2, -0.15) is 0 Å². The predicted octanol–water partition coefficient (Wildman–Crippen LogP) is 3.04. The Morgan fingerprint density at radius 1 is 1.20 bits per heavy atom. The average molecular weight is 342 g/mol. The molecule has 25 heavy (non-hydrogen) atoms. The molecule has 0 spiro atoms. The Morgan fingerprint density at radius 3 is 2.72 bits per heavy atom. The second-order valence-corrected chi connectivity index (χ2v) is 6.25. The molecule has 0 bridgehead atoms. The predicted molar refractivity (Wildman–Crippen MR) is 92.7 cm³/mol. The summed E-state index contributed by atoms with van der Waals surface area (Å²) >= 11 is 0. The summed E-state index contributed by atoms with van der Waals surface area (Å²) in [7, 11) is 0. The molecule has 1 heterocycles. The molecule has 1 aliphatic heterocycles. The Kier molecular flexibility index (Phi) is 5.68. The summed E-state index contributed by atoms with van der Waals surface area (Å²) in [5.41, 5.74) is 2.57. The van der Waals surface area contributed by atoms with Gasteiger partial charge in [0.1, 0.15) is 5.75 Å². The van der Waals surface area contributed by atoms with Gasteiger partial charge in [-0.25, -0.2) is 4.79 Å². The third kappa shape index (κ3) is 4.18. The molecule has 1 aliphatic rings. The molecule has 0 aromatic heterocycles. The van der Waals surface area contributed by atoms with E-state index in [1.807, 2.05) is 30.3 Å². The van der Waals surface area contributed by atoms with E-state index in [2.05, 4.69) is 0 Å². The number of benzene rings is 2. The van der Waals surface area contributed by atoms with Gasteiger partial charge in [-0.05, 0) is 36.0 Å². The first-order valence-corrected chi connectivity index (χ1v) is 8.42. The third-order valence-electron chi connectivity index (χ3n) is 4.48. The molecule has 2 aromatic carbocycles. The molecule has 0 amide bonds. The van der Waals surface area contributed by atoms with Gasteiger partial charge in [0.15, 0.2) is 0 Å². The number of aromatic carboxylic acids is 1. The van der Waals surface area contributed by atoms with Gasteiger partial charge in [0.2, 0.25) is 0 Å². The summed E-state index contributed by atoms with van der Waals surface area (Å²) in [5, 5.41) is 18.7. The smallest absolute Gasteiger partial charge is 0.336 e. The fraction of sp³-hybridized carbons (Fsp3) is 0.350. The highest BCUT2D eigenvalue weighted by Crippen LogP contribution is 2.34. The number of carboxylic acid groups (broad SMARTS) is 1. The van der Waals surface area contributed by atoms with Crippen molar-refractivity contribution < 1.29 is 24.5 Å². The van der Waals surface area contributed by atoms with E-state index in [0.29, 0.717) is 37.1 Å². The van der Waals surface area contributed by atoms with E-state index < -0.39 is 5.97 Å². The van der Waals surface area contributed by atoms with Crippen LogP contribution in [0.5, 0.6) is 5.75 Å². The maximum atomic E-state index is 11.2. The lowest BCUT2D eigenvalue weighted by atomic mass is 9.91. The standard InChI is InChI=1S/C20H22O5/c21-11-18-17(20(22)23)7-6-16-10-15(13-25-19(16)18)8-9-24-12-14-4-2-1-3-5-14/h1-7,15,21H,8-13H2,(H,22,23). The van der Waals surface area contributed by atoms with Crippen LogP contribution in [0.4, 0.5) is 0 Å². The molecule has 2 N–H and O–H groups in total. The number of aliphatic hydroxyl groups is 1. The third-order valence-corrected chi connectivity index (χ3v) is 4.48. The topological polar surface area (TPSA) is 76.0 Å². The van der Waals surface area contributed by atoms with Gasteiger partial charge in [-0.15, -0.1) is 0 Å². The van der Waals surface area contributed by atoms with Gasteiger partial charge in [-0.1, -0.05) is 36.4 Å². The lowest BCUT2D eigenvalue weighted by Crippen LogP contribution is -2.24. The number of carbonyl (C=O) groups is 1. The SMILES string of the molecule is O=C(O)c1ccc2c(c1CO)OCC(CCOCc1ccccc1)C2. The number of ether oxygens (including phenoxy) is 2.